The Bertz CT molecular complexity index is 442. The zero-order valence-corrected chi connectivity index (χ0v) is 13.2. The molecule has 0 saturated carbocycles. The molecule has 0 bridgehead atoms. The second-order valence-corrected chi connectivity index (χ2v) is 6.06. The van der Waals surface area contributed by atoms with Crippen LogP contribution in [-0.4, -0.2) is 42.1 Å². The van der Waals surface area contributed by atoms with Gasteiger partial charge < -0.3 is 14.8 Å². The lowest BCUT2D eigenvalue weighted by Gasteiger charge is -2.32. The first-order chi connectivity index (χ1) is 9.15. The van der Waals surface area contributed by atoms with Gasteiger partial charge in [0.1, 0.15) is 5.69 Å². The van der Waals surface area contributed by atoms with Crippen LogP contribution in [-0.2, 0) is 6.54 Å². The van der Waals surface area contributed by atoms with Gasteiger partial charge >= 0.3 is 0 Å². The lowest BCUT2D eigenvalue weighted by molar-refractivity contribution is 0.0663. The van der Waals surface area contributed by atoms with Crippen LogP contribution < -0.4 is 5.32 Å². The molecule has 0 radical (unpaired) electrons. The van der Waals surface area contributed by atoms with Crippen LogP contribution in [0.3, 0.4) is 0 Å². The zero-order valence-electron chi connectivity index (χ0n) is 11.7. The van der Waals surface area contributed by atoms with E-state index in [9.17, 15) is 4.79 Å². The minimum atomic E-state index is 0.161. The van der Waals surface area contributed by atoms with E-state index in [1.54, 1.807) is 0 Å². The predicted molar refractivity (Wildman–Crippen MR) is 80.4 cm³/mol. The summed E-state index contributed by atoms with van der Waals surface area (Å²) in [6.45, 7) is 5.61. The van der Waals surface area contributed by atoms with Gasteiger partial charge in [-0.1, -0.05) is 0 Å². The average Bonchev–Trinajstić information content (AvgIpc) is 2.80. The molecule has 106 valence electrons. The molecule has 1 aliphatic rings. The highest BCUT2D eigenvalue weighted by Crippen LogP contribution is 2.21. The summed E-state index contributed by atoms with van der Waals surface area (Å²) in [6.07, 6.45) is 4.29. The van der Waals surface area contributed by atoms with Crippen LogP contribution in [0.5, 0.6) is 0 Å². The summed E-state index contributed by atoms with van der Waals surface area (Å²) in [6, 6.07) is 1.92. The van der Waals surface area contributed by atoms with Crippen molar-refractivity contribution in [2.45, 2.75) is 26.3 Å². The Balaban J connectivity index is 2.10. The van der Waals surface area contributed by atoms with Crippen molar-refractivity contribution < 1.29 is 4.79 Å². The maximum Gasteiger partial charge on any atom is 0.270 e. The van der Waals surface area contributed by atoms with Crippen molar-refractivity contribution in [3.63, 3.8) is 0 Å². The molecule has 0 aliphatic carbocycles. The molecular weight excluding hydrogens is 306 g/mol. The first-order valence-corrected chi connectivity index (χ1v) is 7.74. The number of halogens is 1. The third-order valence-electron chi connectivity index (χ3n) is 3.72. The first-order valence-electron chi connectivity index (χ1n) is 6.95. The molecule has 4 nitrogen and oxygen atoms in total. The Kier molecular flexibility index (Phi) is 5.05. The molecule has 1 aromatic rings. The van der Waals surface area contributed by atoms with Crippen molar-refractivity contribution in [1.29, 1.82) is 0 Å². The fourth-order valence-corrected chi connectivity index (χ4v) is 3.25. The summed E-state index contributed by atoms with van der Waals surface area (Å²) in [5.41, 5.74) is 0.791. The normalized spacial score (nSPS) is 19.7. The summed E-state index contributed by atoms with van der Waals surface area (Å²) >= 11 is 3.45. The van der Waals surface area contributed by atoms with E-state index in [2.05, 4.69) is 28.2 Å². The van der Waals surface area contributed by atoms with E-state index in [4.69, 9.17) is 0 Å². The molecule has 19 heavy (non-hydrogen) atoms. The summed E-state index contributed by atoms with van der Waals surface area (Å²) in [4.78, 5) is 14.6. The Morgan fingerprint density at radius 2 is 2.37 bits per heavy atom. The summed E-state index contributed by atoms with van der Waals surface area (Å²) in [5, 5.41) is 3.21. The molecule has 1 N–H and O–H groups in total. The number of nitrogens with zero attached hydrogens (tertiary/aromatic N) is 2. The smallest absolute Gasteiger partial charge is 0.270 e. The van der Waals surface area contributed by atoms with Gasteiger partial charge in [-0.05, 0) is 61.3 Å². The van der Waals surface area contributed by atoms with Gasteiger partial charge in [-0.3, -0.25) is 4.79 Å². The predicted octanol–water partition coefficient (Wildman–Crippen LogP) is 2.34. The van der Waals surface area contributed by atoms with E-state index in [1.807, 2.05) is 28.8 Å². The molecule has 1 amide bonds. The maximum absolute atomic E-state index is 12.6. The number of nitrogens with one attached hydrogen (secondary N) is 1. The molecule has 1 saturated heterocycles. The Morgan fingerprint density at radius 1 is 1.58 bits per heavy atom. The van der Waals surface area contributed by atoms with Crippen molar-refractivity contribution in [1.82, 2.24) is 14.8 Å². The summed E-state index contributed by atoms with van der Waals surface area (Å²) in [5.74, 6) is 0.740. The monoisotopic (exact) mass is 327 g/mol. The summed E-state index contributed by atoms with van der Waals surface area (Å²) < 4.78 is 2.98. The van der Waals surface area contributed by atoms with E-state index in [0.29, 0.717) is 5.92 Å². The number of piperidine rings is 1. The van der Waals surface area contributed by atoms with Crippen LogP contribution in [0, 0.1) is 5.92 Å². The minimum absolute atomic E-state index is 0.161. The van der Waals surface area contributed by atoms with Crippen LogP contribution in [0.2, 0.25) is 0 Å². The highest BCUT2D eigenvalue weighted by Gasteiger charge is 2.25. The third kappa shape index (κ3) is 3.39. The van der Waals surface area contributed by atoms with E-state index < -0.39 is 0 Å². The third-order valence-corrected chi connectivity index (χ3v) is 4.16. The van der Waals surface area contributed by atoms with Gasteiger partial charge in [-0.25, -0.2) is 0 Å². The van der Waals surface area contributed by atoms with Crippen LogP contribution >= 0.6 is 15.9 Å². The molecule has 0 unspecified atom stereocenters. The quantitative estimate of drug-likeness (QED) is 0.921. The lowest BCUT2D eigenvalue weighted by Crippen LogP contribution is -2.43. The maximum atomic E-state index is 12.6. The van der Waals surface area contributed by atoms with E-state index in [1.165, 1.54) is 6.42 Å². The number of amides is 1. The van der Waals surface area contributed by atoms with Crippen molar-refractivity contribution in [2.24, 2.45) is 5.92 Å². The second kappa shape index (κ2) is 6.57. The molecule has 1 atom stereocenters. The van der Waals surface area contributed by atoms with Gasteiger partial charge in [0.25, 0.3) is 5.91 Å². The van der Waals surface area contributed by atoms with Crippen LogP contribution in [0.25, 0.3) is 0 Å². The van der Waals surface area contributed by atoms with Gasteiger partial charge in [-0.15, -0.1) is 0 Å². The first kappa shape index (κ1) is 14.6. The molecule has 1 aliphatic heterocycles. The van der Waals surface area contributed by atoms with Gasteiger partial charge in [0.05, 0.1) is 0 Å². The zero-order chi connectivity index (χ0) is 13.8. The van der Waals surface area contributed by atoms with E-state index in [0.717, 1.165) is 42.8 Å². The number of likely N-dealkylation sites (tertiary alicyclic amines) is 1. The SMILES string of the molecule is CCn1cc(Br)cc1C(=O)N1CCC[C@@H](CNC)C1. The van der Waals surface area contributed by atoms with Gasteiger partial charge in [0, 0.05) is 30.3 Å². The number of carbonyl (C=O) groups is 1. The molecule has 2 heterocycles. The average molecular weight is 328 g/mol. The number of aromatic nitrogens is 1. The van der Waals surface area contributed by atoms with Crippen LogP contribution in [0.4, 0.5) is 0 Å². The van der Waals surface area contributed by atoms with Crippen molar-refractivity contribution in [3.05, 3.63) is 22.4 Å². The number of hydrogen-bond acceptors (Lipinski definition) is 2. The van der Waals surface area contributed by atoms with Gasteiger partial charge in [-0.2, -0.15) is 0 Å². The van der Waals surface area contributed by atoms with Crippen molar-refractivity contribution in [3.8, 4) is 0 Å². The largest absolute Gasteiger partial charge is 0.343 e. The second-order valence-electron chi connectivity index (χ2n) is 5.15. The molecule has 0 aromatic carbocycles. The number of hydrogen-bond donors (Lipinski definition) is 1. The van der Waals surface area contributed by atoms with Crippen LogP contribution in [0.1, 0.15) is 30.3 Å². The fraction of sp³-hybridized carbons (Fsp3) is 0.643. The summed E-state index contributed by atoms with van der Waals surface area (Å²) in [7, 11) is 1.97. The molecule has 2 rings (SSSR count). The van der Waals surface area contributed by atoms with E-state index in [-0.39, 0.29) is 5.91 Å². The highest BCUT2D eigenvalue weighted by atomic mass is 79.9. The number of rotatable bonds is 4. The Labute approximate surface area is 123 Å². The lowest BCUT2D eigenvalue weighted by atomic mass is 9.98. The van der Waals surface area contributed by atoms with Crippen molar-refractivity contribution >= 4 is 21.8 Å². The van der Waals surface area contributed by atoms with Gasteiger partial charge in [0.15, 0.2) is 0 Å². The van der Waals surface area contributed by atoms with Crippen LogP contribution in [0.15, 0.2) is 16.7 Å². The Morgan fingerprint density at radius 3 is 3.05 bits per heavy atom. The topological polar surface area (TPSA) is 37.3 Å². The Hall–Kier alpha value is -0.810. The van der Waals surface area contributed by atoms with E-state index >= 15 is 0 Å². The molecule has 0 spiro atoms. The molecule has 1 aromatic heterocycles. The number of carbonyl (C=O) groups excluding carboxylic acids is 1. The molecular formula is C14H22BrN3O. The number of aryl methyl sites for hydroxylation is 1. The minimum Gasteiger partial charge on any atom is -0.343 e. The highest BCUT2D eigenvalue weighted by molar-refractivity contribution is 9.10. The fourth-order valence-electron chi connectivity index (χ4n) is 2.78. The molecule has 5 heteroatoms. The standard InChI is InChI=1S/C14H22BrN3O/c1-3-17-10-12(15)7-13(17)14(19)18-6-4-5-11(9-18)8-16-2/h7,10-11,16H,3-6,8-9H2,1-2H3/t11-/m0/s1. The molecule has 1 fully saturated rings. The van der Waals surface area contributed by atoms with Gasteiger partial charge in [0.2, 0.25) is 0 Å². The van der Waals surface area contributed by atoms with Crippen molar-refractivity contribution in [2.75, 3.05) is 26.7 Å².